The molecule has 0 atom stereocenters. The Morgan fingerprint density at radius 1 is 1.15 bits per heavy atom. The van der Waals surface area contributed by atoms with E-state index < -0.39 is 5.60 Å². The van der Waals surface area contributed by atoms with Crippen LogP contribution in [0.2, 0.25) is 0 Å². The average Bonchev–Trinajstić information content (AvgIpc) is 3.14. The predicted molar refractivity (Wildman–Crippen MR) is 107 cm³/mol. The molecule has 2 fully saturated rings. The molecule has 0 aromatic heterocycles. The van der Waals surface area contributed by atoms with Gasteiger partial charge in [-0.05, 0) is 64.7 Å². The van der Waals surface area contributed by atoms with E-state index in [-0.39, 0.29) is 18.0 Å². The van der Waals surface area contributed by atoms with Crippen molar-refractivity contribution in [2.24, 2.45) is 0 Å². The molecule has 0 saturated carbocycles. The molecule has 0 bridgehead atoms. The van der Waals surface area contributed by atoms with Gasteiger partial charge in [0.1, 0.15) is 11.4 Å². The minimum absolute atomic E-state index is 0.170. The highest BCUT2D eigenvalue weighted by atomic mass is 19.1. The second-order valence-electron chi connectivity index (χ2n) is 8.64. The maximum atomic E-state index is 14.7. The van der Waals surface area contributed by atoms with Gasteiger partial charge in [0.25, 0.3) is 0 Å². The third kappa shape index (κ3) is 4.85. The summed E-state index contributed by atoms with van der Waals surface area (Å²) in [5.74, 6) is -0.170. The molecule has 27 heavy (non-hydrogen) atoms. The van der Waals surface area contributed by atoms with Crippen LogP contribution in [0.25, 0.3) is 0 Å². The van der Waals surface area contributed by atoms with Crippen molar-refractivity contribution in [1.29, 1.82) is 0 Å². The van der Waals surface area contributed by atoms with E-state index in [0.717, 1.165) is 31.6 Å². The van der Waals surface area contributed by atoms with Gasteiger partial charge in [0, 0.05) is 45.0 Å². The lowest BCUT2D eigenvalue weighted by atomic mass is 10.0. The first-order valence-electron chi connectivity index (χ1n) is 10.00. The molecule has 150 valence electrons. The summed E-state index contributed by atoms with van der Waals surface area (Å²) in [6, 6.07) is 5.79. The van der Waals surface area contributed by atoms with E-state index in [1.807, 2.05) is 44.9 Å². The van der Waals surface area contributed by atoms with Crippen LogP contribution in [0.3, 0.4) is 0 Å². The number of halogens is 1. The van der Waals surface area contributed by atoms with E-state index >= 15 is 0 Å². The molecule has 2 aliphatic rings. The number of ether oxygens (including phenoxy) is 1. The molecule has 0 radical (unpaired) electrons. The van der Waals surface area contributed by atoms with E-state index in [0.29, 0.717) is 18.8 Å². The summed E-state index contributed by atoms with van der Waals surface area (Å²) in [7, 11) is 1.95. The molecule has 0 N–H and O–H groups in total. The number of nitrogens with zero attached hydrogens (tertiary/aromatic N) is 3. The molecular formula is C21H32FN3O2. The number of hydrogen-bond acceptors (Lipinski definition) is 4. The Balaban J connectivity index is 1.59. The zero-order valence-corrected chi connectivity index (χ0v) is 17.0. The Hall–Kier alpha value is -1.98. The second-order valence-corrected chi connectivity index (χ2v) is 8.64. The fraction of sp³-hybridized carbons (Fsp3) is 0.667. The maximum absolute atomic E-state index is 14.7. The van der Waals surface area contributed by atoms with Crippen molar-refractivity contribution >= 4 is 17.5 Å². The van der Waals surface area contributed by atoms with E-state index in [4.69, 9.17) is 4.74 Å². The Morgan fingerprint density at radius 3 is 2.33 bits per heavy atom. The van der Waals surface area contributed by atoms with Crippen LogP contribution < -0.4 is 9.80 Å². The summed E-state index contributed by atoms with van der Waals surface area (Å²) in [4.78, 5) is 18.2. The van der Waals surface area contributed by atoms with Gasteiger partial charge in [-0.1, -0.05) is 0 Å². The SMILES string of the molecule is CN(c1ccc(N2CCCC2)cc1F)C1CCN(C(=O)OC(C)(C)C)CC1. The van der Waals surface area contributed by atoms with Crippen molar-refractivity contribution in [3.63, 3.8) is 0 Å². The van der Waals surface area contributed by atoms with Crippen molar-refractivity contribution in [2.75, 3.05) is 43.0 Å². The molecule has 0 aliphatic carbocycles. The van der Waals surface area contributed by atoms with Gasteiger partial charge < -0.3 is 19.4 Å². The highest BCUT2D eigenvalue weighted by Gasteiger charge is 2.29. The molecule has 0 unspecified atom stereocenters. The van der Waals surface area contributed by atoms with Crippen molar-refractivity contribution in [2.45, 2.75) is 58.1 Å². The van der Waals surface area contributed by atoms with Crippen LogP contribution in [0.4, 0.5) is 20.6 Å². The van der Waals surface area contributed by atoms with Crippen LogP contribution in [0, 0.1) is 5.82 Å². The van der Waals surface area contributed by atoms with Crippen molar-refractivity contribution in [3.8, 4) is 0 Å². The fourth-order valence-electron chi connectivity index (χ4n) is 3.91. The number of carbonyl (C=O) groups is 1. The second kappa shape index (κ2) is 7.95. The van der Waals surface area contributed by atoms with Crippen molar-refractivity contribution < 1.29 is 13.9 Å². The minimum atomic E-state index is -0.481. The third-order valence-corrected chi connectivity index (χ3v) is 5.45. The highest BCUT2D eigenvalue weighted by Crippen LogP contribution is 2.29. The number of piperidine rings is 1. The molecule has 2 heterocycles. The standard InChI is InChI=1S/C21H32FN3O2/c1-21(2,3)27-20(26)25-13-9-16(10-14-25)23(4)19-8-7-17(15-18(19)22)24-11-5-6-12-24/h7-8,15-16H,5-6,9-14H2,1-4H3. The van der Waals surface area contributed by atoms with Gasteiger partial charge in [0.15, 0.2) is 0 Å². The summed E-state index contributed by atoms with van der Waals surface area (Å²) >= 11 is 0. The zero-order chi connectivity index (χ0) is 19.6. The normalized spacial score (nSPS) is 18.7. The monoisotopic (exact) mass is 377 g/mol. The van der Waals surface area contributed by atoms with Gasteiger partial charge >= 0.3 is 6.09 Å². The fourth-order valence-corrected chi connectivity index (χ4v) is 3.91. The van der Waals surface area contributed by atoms with Gasteiger partial charge in [-0.2, -0.15) is 0 Å². The van der Waals surface area contributed by atoms with Gasteiger partial charge in [-0.25, -0.2) is 9.18 Å². The lowest BCUT2D eigenvalue weighted by Gasteiger charge is -2.38. The number of anilines is 2. The van der Waals surface area contributed by atoms with Crippen LogP contribution in [-0.4, -0.2) is 55.9 Å². The Kier molecular flexibility index (Phi) is 5.82. The number of hydrogen-bond donors (Lipinski definition) is 0. The Morgan fingerprint density at radius 2 is 1.78 bits per heavy atom. The molecule has 6 heteroatoms. The minimum Gasteiger partial charge on any atom is -0.444 e. The first kappa shape index (κ1) is 19.8. The highest BCUT2D eigenvalue weighted by molar-refractivity contribution is 5.68. The Bertz CT molecular complexity index is 660. The number of carbonyl (C=O) groups excluding carboxylic acids is 1. The van der Waals surface area contributed by atoms with Crippen LogP contribution in [0.5, 0.6) is 0 Å². The molecule has 2 saturated heterocycles. The predicted octanol–water partition coefficient (Wildman–Crippen LogP) is 4.26. The number of amides is 1. The third-order valence-electron chi connectivity index (χ3n) is 5.45. The number of rotatable bonds is 3. The Labute approximate surface area is 162 Å². The van der Waals surface area contributed by atoms with Crippen LogP contribution >= 0.6 is 0 Å². The summed E-state index contributed by atoms with van der Waals surface area (Å²) in [6.45, 7) is 8.92. The van der Waals surface area contributed by atoms with Crippen LogP contribution in [0.15, 0.2) is 18.2 Å². The smallest absolute Gasteiger partial charge is 0.410 e. The van der Waals surface area contributed by atoms with Gasteiger partial charge in [0.05, 0.1) is 5.69 Å². The van der Waals surface area contributed by atoms with Crippen molar-refractivity contribution in [3.05, 3.63) is 24.0 Å². The molecular weight excluding hydrogens is 345 g/mol. The number of benzene rings is 1. The average molecular weight is 378 g/mol. The van der Waals surface area contributed by atoms with Crippen molar-refractivity contribution in [1.82, 2.24) is 4.90 Å². The molecule has 1 amide bonds. The maximum Gasteiger partial charge on any atom is 0.410 e. The largest absolute Gasteiger partial charge is 0.444 e. The van der Waals surface area contributed by atoms with Gasteiger partial charge in [-0.3, -0.25) is 0 Å². The van der Waals surface area contributed by atoms with E-state index in [1.165, 1.54) is 12.8 Å². The molecule has 2 aliphatic heterocycles. The summed E-state index contributed by atoms with van der Waals surface area (Å²) < 4.78 is 20.2. The zero-order valence-electron chi connectivity index (χ0n) is 17.0. The quantitative estimate of drug-likeness (QED) is 0.788. The van der Waals surface area contributed by atoms with E-state index in [2.05, 4.69) is 4.90 Å². The summed E-state index contributed by atoms with van der Waals surface area (Å²) in [5.41, 5.74) is 1.13. The van der Waals surface area contributed by atoms with Crippen LogP contribution in [0.1, 0.15) is 46.5 Å². The summed E-state index contributed by atoms with van der Waals surface area (Å²) in [6.07, 6.45) is 3.72. The molecule has 0 spiro atoms. The van der Waals surface area contributed by atoms with E-state index in [9.17, 15) is 9.18 Å². The number of likely N-dealkylation sites (tertiary alicyclic amines) is 1. The van der Waals surface area contributed by atoms with E-state index in [1.54, 1.807) is 11.0 Å². The lowest BCUT2D eigenvalue weighted by Crippen LogP contribution is -2.47. The van der Waals surface area contributed by atoms with Gasteiger partial charge in [-0.15, -0.1) is 0 Å². The van der Waals surface area contributed by atoms with Crippen LogP contribution in [-0.2, 0) is 4.74 Å². The molecule has 1 aromatic carbocycles. The molecule has 1 aromatic rings. The topological polar surface area (TPSA) is 36.0 Å². The molecule has 5 nitrogen and oxygen atoms in total. The summed E-state index contributed by atoms with van der Waals surface area (Å²) in [5, 5.41) is 0. The first-order valence-corrected chi connectivity index (χ1v) is 10.00. The van der Waals surface area contributed by atoms with Gasteiger partial charge in [0.2, 0.25) is 0 Å². The first-order chi connectivity index (χ1) is 12.7. The molecule has 3 rings (SSSR count). The lowest BCUT2D eigenvalue weighted by molar-refractivity contribution is 0.0205.